The first kappa shape index (κ1) is 10.7. The second-order valence-corrected chi connectivity index (χ2v) is 4.14. The maximum Gasteiger partial charge on any atom is 0.228 e. The summed E-state index contributed by atoms with van der Waals surface area (Å²) in [7, 11) is 0. The number of carbonyl (C=O) groups excluding carboxylic acids is 1. The van der Waals surface area contributed by atoms with Crippen molar-refractivity contribution in [3.63, 3.8) is 0 Å². The highest BCUT2D eigenvalue weighted by Gasteiger charge is 2.15. The molecule has 0 aliphatic carbocycles. The third-order valence-corrected chi connectivity index (χ3v) is 2.55. The van der Waals surface area contributed by atoms with Gasteiger partial charge in [0, 0.05) is 5.56 Å². The minimum absolute atomic E-state index is 0.0469. The van der Waals surface area contributed by atoms with Gasteiger partial charge in [0.25, 0.3) is 0 Å². The Labute approximate surface area is 94.9 Å². The van der Waals surface area contributed by atoms with Crippen LogP contribution in [0.4, 0.5) is 0 Å². The molecule has 0 amide bonds. The van der Waals surface area contributed by atoms with E-state index < -0.39 is 0 Å². The Balaban J connectivity index is 2.45. The highest BCUT2D eigenvalue weighted by atomic mass is 16.3. The van der Waals surface area contributed by atoms with Gasteiger partial charge < -0.3 is 4.42 Å². The number of rotatable bonds is 2. The van der Waals surface area contributed by atoms with Crippen LogP contribution in [-0.4, -0.2) is 5.78 Å². The van der Waals surface area contributed by atoms with Crippen LogP contribution in [0.3, 0.4) is 0 Å². The van der Waals surface area contributed by atoms with E-state index >= 15 is 0 Å². The fourth-order valence-corrected chi connectivity index (χ4v) is 1.84. The number of hydrogen-bond donors (Lipinski definition) is 0. The third-order valence-electron chi connectivity index (χ3n) is 2.55. The van der Waals surface area contributed by atoms with Crippen molar-refractivity contribution in [3.05, 3.63) is 58.5 Å². The number of ketones is 1. The van der Waals surface area contributed by atoms with Crippen LogP contribution in [0.5, 0.6) is 0 Å². The van der Waals surface area contributed by atoms with Crippen molar-refractivity contribution in [3.8, 4) is 0 Å². The highest BCUT2D eigenvalue weighted by molar-refractivity contribution is 6.08. The molecule has 0 atom stereocenters. The summed E-state index contributed by atoms with van der Waals surface area (Å²) in [5.74, 6) is 0.388. The predicted molar refractivity (Wildman–Crippen MR) is 62.8 cm³/mol. The molecular weight excluding hydrogens is 200 g/mol. The van der Waals surface area contributed by atoms with Crippen LogP contribution in [0.2, 0.25) is 0 Å². The SMILES string of the molecule is Cc1cc(C)cc(C(=O)c2occc2C)c1. The van der Waals surface area contributed by atoms with Crippen LogP contribution in [0.25, 0.3) is 0 Å². The first-order valence-corrected chi connectivity index (χ1v) is 5.25. The van der Waals surface area contributed by atoms with E-state index in [1.54, 1.807) is 12.3 Å². The Kier molecular flexibility index (Phi) is 2.65. The summed E-state index contributed by atoms with van der Waals surface area (Å²) in [6, 6.07) is 7.62. The molecule has 16 heavy (non-hydrogen) atoms. The highest BCUT2D eigenvalue weighted by Crippen LogP contribution is 2.17. The summed E-state index contributed by atoms with van der Waals surface area (Å²) in [5, 5.41) is 0. The lowest BCUT2D eigenvalue weighted by Crippen LogP contribution is -2.02. The van der Waals surface area contributed by atoms with E-state index in [1.165, 1.54) is 0 Å². The molecule has 0 N–H and O–H groups in total. The lowest BCUT2D eigenvalue weighted by Gasteiger charge is -2.03. The molecule has 0 bridgehead atoms. The third kappa shape index (κ3) is 1.91. The zero-order valence-electron chi connectivity index (χ0n) is 9.70. The number of furan rings is 1. The molecule has 0 aliphatic rings. The first-order valence-electron chi connectivity index (χ1n) is 5.25. The van der Waals surface area contributed by atoms with E-state index in [0.29, 0.717) is 11.3 Å². The Morgan fingerprint density at radius 2 is 1.69 bits per heavy atom. The molecular formula is C14H14O2. The molecule has 2 heteroatoms. The van der Waals surface area contributed by atoms with Crippen molar-refractivity contribution in [2.75, 3.05) is 0 Å². The number of hydrogen-bond acceptors (Lipinski definition) is 2. The van der Waals surface area contributed by atoms with Crippen molar-refractivity contribution in [2.24, 2.45) is 0 Å². The van der Waals surface area contributed by atoms with Crippen LogP contribution >= 0.6 is 0 Å². The number of aryl methyl sites for hydroxylation is 3. The van der Waals surface area contributed by atoms with Gasteiger partial charge in [0.2, 0.25) is 5.78 Å². The summed E-state index contributed by atoms with van der Waals surface area (Å²) in [6.07, 6.45) is 1.55. The molecule has 0 fully saturated rings. The molecule has 1 aromatic heterocycles. The van der Waals surface area contributed by atoms with E-state index in [-0.39, 0.29) is 5.78 Å². The summed E-state index contributed by atoms with van der Waals surface area (Å²) in [4.78, 5) is 12.1. The Bertz CT molecular complexity index is 515. The largest absolute Gasteiger partial charge is 0.461 e. The van der Waals surface area contributed by atoms with Gasteiger partial charge in [-0.05, 0) is 44.5 Å². The monoisotopic (exact) mass is 214 g/mol. The van der Waals surface area contributed by atoms with Crippen LogP contribution in [0, 0.1) is 20.8 Å². The van der Waals surface area contributed by atoms with E-state index in [1.807, 2.05) is 39.0 Å². The molecule has 0 spiro atoms. The molecule has 0 saturated heterocycles. The van der Waals surface area contributed by atoms with Crippen molar-refractivity contribution >= 4 is 5.78 Å². The van der Waals surface area contributed by atoms with Gasteiger partial charge in [0.15, 0.2) is 5.76 Å². The molecule has 82 valence electrons. The van der Waals surface area contributed by atoms with Gasteiger partial charge >= 0.3 is 0 Å². The second kappa shape index (κ2) is 3.97. The molecule has 1 aromatic carbocycles. The zero-order valence-corrected chi connectivity index (χ0v) is 9.70. The molecule has 1 heterocycles. The Morgan fingerprint density at radius 3 is 2.19 bits per heavy atom. The second-order valence-electron chi connectivity index (χ2n) is 4.14. The fourth-order valence-electron chi connectivity index (χ4n) is 1.84. The van der Waals surface area contributed by atoms with Crippen molar-refractivity contribution < 1.29 is 9.21 Å². The smallest absolute Gasteiger partial charge is 0.228 e. The summed E-state index contributed by atoms with van der Waals surface area (Å²) >= 11 is 0. The predicted octanol–water partition coefficient (Wildman–Crippen LogP) is 3.44. The van der Waals surface area contributed by atoms with E-state index in [4.69, 9.17) is 4.42 Å². The van der Waals surface area contributed by atoms with Crippen LogP contribution in [-0.2, 0) is 0 Å². The van der Waals surface area contributed by atoms with Gasteiger partial charge in [0.05, 0.1) is 6.26 Å². The van der Waals surface area contributed by atoms with Crippen LogP contribution in [0.1, 0.15) is 32.8 Å². The van der Waals surface area contributed by atoms with E-state index in [2.05, 4.69) is 0 Å². The zero-order chi connectivity index (χ0) is 11.7. The van der Waals surface area contributed by atoms with E-state index in [0.717, 1.165) is 16.7 Å². The molecule has 2 aromatic rings. The van der Waals surface area contributed by atoms with Gasteiger partial charge in [-0.25, -0.2) is 0 Å². The molecule has 2 rings (SSSR count). The number of benzene rings is 1. The van der Waals surface area contributed by atoms with Crippen LogP contribution < -0.4 is 0 Å². The average molecular weight is 214 g/mol. The van der Waals surface area contributed by atoms with Gasteiger partial charge in [-0.2, -0.15) is 0 Å². The molecule has 0 saturated carbocycles. The quantitative estimate of drug-likeness (QED) is 0.717. The average Bonchev–Trinajstić information content (AvgIpc) is 2.62. The van der Waals surface area contributed by atoms with Gasteiger partial charge in [0.1, 0.15) is 0 Å². The van der Waals surface area contributed by atoms with E-state index in [9.17, 15) is 4.79 Å². The lowest BCUT2D eigenvalue weighted by atomic mass is 10.0. The van der Waals surface area contributed by atoms with Crippen molar-refractivity contribution in [1.82, 2.24) is 0 Å². The molecule has 2 nitrogen and oxygen atoms in total. The molecule has 0 radical (unpaired) electrons. The molecule has 0 aliphatic heterocycles. The summed E-state index contributed by atoms with van der Waals surface area (Å²) in [5.41, 5.74) is 3.75. The standard InChI is InChI=1S/C14H14O2/c1-9-6-10(2)8-12(7-9)13(15)14-11(3)4-5-16-14/h4-8H,1-3H3. The molecule has 0 unspecified atom stereocenters. The first-order chi connectivity index (χ1) is 7.58. The van der Waals surface area contributed by atoms with Crippen LogP contribution in [0.15, 0.2) is 34.9 Å². The minimum Gasteiger partial charge on any atom is -0.461 e. The summed E-state index contributed by atoms with van der Waals surface area (Å²) < 4.78 is 5.21. The van der Waals surface area contributed by atoms with Crippen molar-refractivity contribution in [2.45, 2.75) is 20.8 Å². The lowest BCUT2D eigenvalue weighted by molar-refractivity contribution is 0.101. The fraction of sp³-hybridized carbons (Fsp3) is 0.214. The minimum atomic E-state index is -0.0469. The Morgan fingerprint density at radius 1 is 1.06 bits per heavy atom. The Hall–Kier alpha value is -1.83. The topological polar surface area (TPSA) is 30.2 Å². The maximum absolute atomic E-state index is 12.1. The van der Waals surface area contributed by atoms with Gasteiger partial charge in [-0.15, -0.1) is 0 Å². The van der Waals surface area contributed by atoms with Gasteiger partial charge in [-0.1, -0.05) is 17.2 Å². The normalized spacial score (nSPS) is 10.4. The van der Waals surface area contributed by atoms with Gasteiger partial charge in [-0.3, -0.25) is 4.79 Å². The maximum atomic E-state index is 12.1. The van der Waals surface area contributed by atoms with Crippen molar-refractivity contribution in [1.29, 1.82) is 0 Å². The summed E-state index contributed by atoms with van der Waals surface area (Å²) in [6.45, 7) is 5.84. The number of carbonyl (C=O) groups is 1.